The van der Waals surface area contributed by atoms with Gasteiger partial charge in [0.25, 0.3) is 0 Å². The summed E-state index contributed by atoms with van der Waals surface area (Å²) < 4.78 is 2.33. The number of anilines is 1. The van der Waals surface area contributed by atoms with Crippen LogP contribution in [0.3, 0.4) is 0 Å². The Kier molecular flexibility index (Phi) is 3.80. The van der Waals surface area contributed by atoms with Crippen LogP contribution in [0.4, 0.5) is 5.69 Å². The summed E-state index contributed by atoms with van der Waals surface area (Å²) in [6.07, 6.45) is 5.38. The van der Waals surface area contributed by atoms with Crippen molar-refractivity contribution in [3.63, 3.8) is 0 Å². The van der Waals surface area contributed by atoms with Crippen molar-refractivity contribution >= 4 is 17.6 Å². The van der Waals surface area contributed by atoms with Gasteiger partial charge < -0.3 is 4.31 Å². The van der Waals surface area contributed by atoms with Crippen molar-refractivity contribution in [1.82, 2.24) is 4.90 Å². The van der Waals surface area contributed by atoms with Crippen LogP contribution in [0.5, 0.6) is 0 Å². The lowest BCUT2D eigenvalue weighted by atomic mass is 10.0. The zero-order valence-corrected chi connectivity index (χ0v) is 12.0. The molecule has 0 N–H and O–H groups in total. The molecule has 18 heavy (non-hydrogen) atoms. The summed E-state index contributed by atoms with van der Waals surface area (Å²) in [5.41, 5.74) is 4.42. The van der Waals surface area contributed by atoms with E-state index in [0.717, 1.165) is 6.54 Å². The van der Waals surface area contributed by atoms with Crippen LogP contribution >= 0.6 is 11.9 Å². The van der Waals surface area contributed by atoms with Crippen LogP contribution in [0, 0.1) is 0 Å². The van der Waals surface area contributed by atoms with E-state index in [9.17, 15) is 0 Å². The fourth-order valence-electron chi connectivity index (χ4n) is 2.95. The molecule has 0 unspecified atom stereocenters. The molecular weight excluding hydrogens is 240 g/mol. The van der Waals surface area contributed by atoms with Crippen molar-refractivity contribution < 1.29 is 0 Å². The summed E-state index contributed by atoms with van der Waals surface area (Å²) in [6, 6.07) is 7.07. The van der Waals surface area contributed by atoms with Gasteiger partial charge in [0.15, 0.2) is 0 Å². The first-order valence-electron chi connectivity index (χ1n) is 7.04. The largest absolute Gasteiger partial charge is 0.319 e. The highest BCUT2D eigenvalue weighted by Crippen LogP contribution is 2.32. The Morgan fingerprint density at radius 3 is 2.83 bits per heavy atom. The second-order valence-corrected chi connectivity index (χ2v) is 6.59. The van der Waals surface area contributed by atoms with Crippen molar-refractivity contribution in [2.75, 3.05) is 30.2 Å². The number of aryl methyl sites for hydroxylation is 1. The van der Waals surface area contributed by atoms with Gasteiger partial charge in [-0.2, -0.15) is 0 Å². The van der Waals surface area contributed by atoms with Crippen molar-refractivity contribution in [3.8, 4) is 0 Å². The molecule has 1 saturated heterocycles. The summed E-state index contributed by atoms with van der Waals surface area (Å²) in [7, 11) is 2.19. The van der Waals surface area contributed by atoms with Crippen molar-refractivity contribution in [2.24, 2.45) is 0 Å². The van der Waals surface area contributed by atoms with Gasteiger partial charge in [-0.25, -0.2) is 0 Å². The highest BCUT2D eigenvalue weighted by Gasteiger charge is 2.16. The average molecular weight is 262 g/mol. The molecule has 1 aromatic carbocycles. The topological polar surface area (TPSA) is 6.48 Å². The lowest BCUT2D eigenvalue weighted by Crippen LogP contribution is -2.29. The molecule has 0 atom stereocenters. The van der Waals surface area contributed by atoms with Crippen molar-refractivity contribution in [3.05, 3.63) is 29.3 Å². The Morgan fingerprint density at radius 1 is 1.17 bits per heavy atom. The SMILES string of the molecule is CN1SCCc2ccc(CN3CCCCC3)cc21. The van der Waals surface area contributed by atoms with E-state index in [1.54, 1.807) is 0 Å². The van der Waals surface area contributed by atoms with Crippen LogP contribution < -0.4 is 4.31 Å². The third-order valence-electron chi connectivity index (χ3n) is 4.00. The highest BCUT2D eigenvalue weighted by molar-refractivity contribution is 8.00. The molecule has 0 radical (unpaired) electrons. The second-order valence-electron chi connectivity index (χ2n) is 5.38. The number of piperidine rings is 1. The molecule has 2 nitrogen and oxygen atoms in total. The Hall–Kier alpha value is -0.670. The zero-order chi connectivity index (χ0) is 12.4. The molecule has 2 aliphatic heterocycles. The van der Waals surface area contributed by atoms with Crippen LogP contribution in [-0.2, 0) is 13.0 Å². The standard InChI is InChI=1S/C15H22N2S/c1-16-15-11-13(5-6-14(15)7-10-18-16)12-17-8-3-2-4-9-17/h5-6,11H,2-4,7-10,12H2,1H3. The summed E-state index contributed by atoms with van der Waals surface area (Å²) >= 11 is 1.94. The van der Waals surface area contributed by atoms with Gasteiger partial charge in [0.2, 0.25) is 0 Å². The molecule has 98 valence electrons. The van der Waals surface area contributed by atoms with Crippen LogP contribution in [0.1, 0.15) is 30.4 Å². The van der Waals surface area contributed by atoms with Gasteiger partial charge in [0.05, 0.1) is 5.69 Å². The minimum Gasteiger partial charge on any atom is -0.319 e. The maximum atomic E-state index is 2.60. The molecule has 3 heteroatoms. The van der Waals surface area contributed by atoms with Gasteiger partial charge in [-0.1, -0.05) is 18.6 Å². The Morgan fingerprint density at radius 2 is 2.00 bits per heavy atom. The van der Waals surface area contributed by atoms with Gasteiger partial charge >= 0.3 is 0 Å². The van der Waals surface area contributed by atoms with E-state index in [-0.39, 0.29) is 0 Å². The first-order valence-corrected chi connectivity index (χ1v) is 7.98. The molecule has 1 fully saturated rings. The normalized spacial score (nSPS) is 20.8. The molecule has 0 amide bonds. The van der Waals surface area contributed by atoms with E-state index < -0.39 is 0 Å². The summed E-state index contributed by atoms with van der Waals surface area (Å²) in [6.45, 7) is 3.69. The zero-order valence-electron chi connectivity index (χ0n) is 11.2. The van der Waals surface area contributed by atoms with Crippen LogP contribution in [0.2, 0.25) is 0 Å². The monoisotopic (exact) mass is 262 g/mol. The molecule has 1 aromatic rings. The Balaban J connectivity index is 1.74. The van der Waals surface area contributed by atoms with Crippen LogP contribution in [-0.4, -0.2) is 30.8 Å². The number of nitrogens with zero attached hydrogens (tertiary/aromatic N) is 2. The third-order valence-corrected chi connectivity index (χ3v) is 4.97. The highest BCUT2D eigenvalue weighted by atomic mass is 32.2. The summed E-state index contributed by atoms with van der Waals surface area (Å²) in [4.78, 5) is 2.60. The summed E-state index contributed by atoms with van der Waals surface area (Å²) in [5, 5.41) is 0. The van der Waals surface area contributed by atoms with E-state index in [1.807, 2.05) is 11.9 Å². The van der Waals surface area contributed by atoms with E-state index >= 15 is 0 Å². The molecule has 0 spiro atoms. The summed E-state index contributed by atoms with van der Waals surface area (Å²) in [5.74, 6) is 1.22. The smallest absolute Gasteiger partial charge is 0.0502 e. The maximum Gasteiger partial charge on any atom is 0.0502 e. The maximum absolute atomic E-state index is 2.60. The molecule has 0 saturated carbocycles. The first-order chi connectivity index (χ1) is 8.83. The fourth-order valence-corrected chi connectivity index (χ4v) is 3.84. The quantitative estimate of drug-likeness (QED) is 0.755. The fraction of sp³-hybridized carbons (Fsp3) is 0.600. The van der Waals surface area contributed by atoms with Gasteiger partial charge in [-0.05, 0) is 61.5 Å². The third kappa shape index (κ3) is 2.67. The number of fused-ring (bicyclic) bond motifs is 1. The Labute approximate surface area is 114 Å². The molecule has 2 aliphatic rings. The second kappa shape index (κ2) is 5.54. The van der Waals surface area contributed by atoms with Gasteiger partial charge in [-0.3, -0.25) is 4.90 Å². The van der Waals surface area contributed by atoms with E-state index in [0.29, 0.717) is 0 Å². The lowest BCUT2D eigenvalue weighted by Gasteiger charge is -2.29. The molecule has 3 rings (SSSR count). The van der Waals surface area contributed by atoms with Gasteiger partial charge in [0.1, 0.15) is 0 Å². The lowest BCUT2D eigenvalue weighted by molar-refractivity contribution is 0.221. The van der Waals surface area contributed by atoms with Gasteiger partial charge in [-0.15, -0.1) is 0 Å². The molecular formula is C15H22N2S. The number of likely N-dealkylation sites (tertiary alicyclic amines) is 1. The van der Waals surface area contributed by atoms with E-state index in [1.165, 1.54) is 61.3 Å². The van der Waals surface area contributed by atoms with E-state index in [2.05, 4.69) is 34.5 Å². The molecule has 0 aromatic heterocycles. The van der Waals surface area contributed by atoms with Crippen molar-refractivity contribution in [1.29, 1.82) is 0 Å². The minimum atomic E-state index is 1.13. The number of hydrogen-bond acceptors (Lipinski definition) is 3. The van der Waals surface area contributed by atoms with Crippen molar-refractivity contribution in [2.45, 2.75) is 32.2 Å². The molecule has 0 aliphatic carbocycles. The minimum absolute atomic E-state index is 1.13. The number of rotatable bonds is 2. The van der Waals surface area contributed by atoms with Gasteiger partial charge in [0, 0.05) is 19.3 Å². The first kappa shape index (κ1) is 12.4. The van der Waals surface area contributed by atoms with E-state index in [4.69, 9.17) is 0 Å². The predicted octanol–water partition coefficient (Wildman–Crippen LogP) is 3.31. The van der Waals surface area contributed by atoms with Crippen LogP contribution in [0.15, 0.2) is 18.2 Å². The average Bonchev–Trinajstić information content (AvgIpc) is 2.41. The van der Waals surface area contributed by atoms with Crippen LogP contribution in [0.25, 0.3) is 0 Å². The number of benzene rings is 1. The molecule has 0 bridgehead atoms. The molecule has 2 heterocycles. The number of hydrogen-bond donors (Lipinski definition) is 0. The Bertz CT molecular complexity index is 413. The predicted molar refractivity (Wildman–Crippen MR) is 80.1 cm³/mol.